The molecule has 0 radical (unpaired) electrons. The van der Waals surface area contributed by atoms with Gasteiger partial charge in [0.05, 0.1) is 12.6 Å². The molecule has 0 amide bonds. The topological polar surface area (TPSA) is 55.3 Å². The van der Waals surface area contributed by atoms with Crippen molar-refractivity contribution in [3.63, 3.8) is 0 Å². The fourth-order valence-corrected chi connectivity index (χ4v) is 3.44. The summed E-state index contributed by atoms with van der Waals surface area (Å²) in [6.45, 7) is 3.92. The summed E-state index contributed by atoms with van der Waals surface area (Å²) in [5, 5.41) is 8.48. The first kappa shape index (κ1) is 14.9. The maximum atomic E-state index is 6.04. The van der Waals surface area contributed by atoms with E-state index in [9.17, 15) is 0 Å². The number of aromatic nitrogens is 2. The molecule has 23 heavy (non-hydrogen) atoms. The van der Waals surface area contributed by atoms with Crippen LogP contribution in [0.3, 0.4) is 0 Å². The van der Waals surface area contributed by atoms with E-state index in [2.05, 4.69) is 34.2 Å². The minimum absolute atomic E-state index is 0.328. The first-order valence-electron chi connectivity index (χ1n) is 8.98. The molecule has 2 aliphatic rings. The molecule has 3 heterocycles. The van der Waals surface area contributed by atoms with E-state index in [-0.39, 0.29) is 0 Å². The van der Waals surface area contributed by atoms with Gasteiger partial charge in [-0.25, -0.2) is 0 Å². The first-order chi connectivity index (χ1) is 11.3. The fourth-order valence-electron chi connectivity index (χ4n) is 3.44. The van der Waals surface area contributed by atoms with Crippen molar-refractivity contribution in [2.45, 2.75) is 70.4 Å². The van der Waals surface area contributed by atoms with Crippen LogP contribution in [0.25, 0.3) is 0 Å². The van der Waals surface area contributed by atoms with Gasteiger partial charge in [-0.05, 0) is 44.4 Å². The van der Waals surface area contributed by atoms with Crippen molar-refractivity contribution < 1.29 is 8.83 Å². The highest BCUT2D eigenvalue weighted by Gasteiger charge is 2.31. The summed E-state index contributed by atoms with van der Waals surface area (Å²) in [4.78, 5) is 2.45. The Balaban J connectivity index is 1.51. The van der Waals surface area contributed by atoms with Crippen molar-refractivity contribution in [2.24, 2.45) is 0 Å². The van der Waals surface area contributed by atoms with Crippen LogP contribution in [0.4, 0.5) is 0 Å². The van der Waals surface area contributed by atoms with E-state index in [1.165, 1.54) is 32.1 Å². The predicted octanol–water partition coefficient (Wildman–Crippen LogP) is 4.22. The lowest BCUT2D eigenvalue weighted by molar-refractivity contribution is 0.152. The van der Waals surface area contributed by atoms with Gasteiger partial charge in [0, 0.05) is 12.3 Å². The highest BCUT2D eigenvalue weighted by atomic mass is 16.4. The van der Waals surface area contributed by atoms with Gasteiger partial charge in [0.25, 0.3) is 0 Å². The maximum Gasteiger partial charge on any atom is 0.230 e. The minimum Gasteiger partial charge on any atom is -0.464 e. The van der Waals surface area contributed by atoms with E-state index >= 15 is 0 Å². The fraction of sp³-hybridized carbons (Fsp3) is 0.667. The summed E-state index contributed by atoms with van der Waals surface area (Å²) in [5.41, 5.74) is 0. The number of hydrogen-bond donors (Lipinski definition) is 0. The minimum atomic E-state index is 0.328. The Morgan fingerprint density at radius 1 is 1.09 bits per heavy atom. The highest BCUT2D eigenvalue weighted by Crippen LogP contribution is 2.39. The Hall–Kier alpha value is -1.62. The Kier molecular flexibility index (Phi) is 4.21. The van der Waals surface area contributed by atoms with E-state index in [0.717, 1.165) is 49.2 Å². The molecule has 0 N–H and O–H groups in total. The van der Waals surface area contributed by atoms with Crippen LogP contribution in [0.1, 0.15) is 80.7 Å². The van der Waals surface area contributed by atoms with Crippen LogP contribution in [-0.2, 0) is 13.0 Å². The SMILES string of the molecule is CCc1ccc(C2CCCCCN2Cc2nnc(C3CC3)o2)o1. The van der Waals surface area contributed by atoms with Crippen LogP contribution in [0.2, 0.25) is 0 Å². The molecule has 0 bridgehead atoms. The van der Waals surface area contributed by atoms with Gasteiger partial charge >= 0.3 is 0 Å². The molecule has 0 spiro atoms. The molecule has 5 nitrogen and oxygen atoms in total. The molecule has 1 saturated carbocycles. The second-order valence-electron chi connectivity index (χ2n) is 6.80. The zero-order valence-corrected chi connectivity index (χ0v) is 13.8. The van der Waals surface area contributed by atoms with Crippen LogP contribution in [0.15, 0.2) is 21.0 Å². The Morgan fingerprint density at radius 3 is 2.78 bits per heavy atom. The largest absolute Gasteiger partial charge is 0.464 e. The molecule has 1 saturated heterocycles. The molecule has 4 rings (SSSR count). The maximum absolute atomic E-state index is 6.04. The number of hydrogen-bond acceptors (Lipinski definition) is 5. The normalized spacial score (nSPS) is 23.1. The monoisotopic (exact) mass is 315 g/mol. The van der Waals surface area contributed by atoms with E-state index in [4.69, 9.17) is 8.83 Å². The van der Waals surface area contributed by atoms with Crippen molar-refractivity contribution in [2.75, 3.05) is 6.54 Å². The molecule has 0 aromatic carbocycles. The molecule has 1 atom stereocenters. The summed E-state index contributed by atoms with van der Waals surface area (Å²) in [6.07, 6.45) is 8.23. The predicted molar refractivity (Wildman–Crippen MR) is 86.0 cm³/mol. The van der Waals surface area contributed by atoms with Crippen LogP contribution >= 0.6 is 0 Å². The van der Waals surface area contributed by atoms with Crippen LogP contribution in [-0.4, -0.2) is 21.6 Å². The average Bonchev–Trinajstić information content (AvgIpc) is 3.20. The second-order valence-corrected chi connectivity index (χ2v) is 6.80. The van der Waals surface area contributed by atoms with Gasteiger partial charge in [-0.15, -0.1) is 10.2 Å². The zero-order valence-electron chi connectivity index (χ0n) is 13.8. The molecule has 2 aromatic heterocycles. The number of furan rings is 1. The van der Waals surface area contributed by atoms with E-state index < -0.39 is 0 Å². The number of nitrogens with zero attached hydrogens (tertiary/aromatic N) is 3. The lowest BCUT2D eigenvalue weighted by atomic mass is 10.1. The molecular weight excluding hydrogens is 290 g/mol. The molecule has 1 unspecified atom stereocenters. The van der Waals surface area contributed by atoms with E-state index in [0.29, 0.717) is 12.0 Å². The molecule has 2 fully saturated rings. The Bertz CT molecular complexity index is 644. The average molecular weight is 315 g/mol. The Morgan fingerprint density at radius 2 is 2.00 bits per heavy atom. The smallest absolute Gasteiger partial charge is 0.230 e. The van der Waals surface area contributed by atoms with Gasteiger partial charge in [-0.2, -0.15) is 0 Å². The second kappa shape index (κ2) is 6.48. The molecule has 124 valence electrons. The quantitative estimate of drug-likeness (QED) is 0.827. The molecule has 5 heteroatoms. The third-order valence-corrected chi connectivity index (χ3v) is 4.97. The number of rotatable bonds is 5. The number of aryl methyl sites for hydroxylation is 1. The molecule has 1 aliphatic carbocycles. The van der Waals surface area contributed by atoms with Gasteiger partial charge in [0.1, 0.15) is 11.5 Å². The van der Waals surface area contributed by atoms with E-state index in [1.54, 1.807) is 0 Å². The van der Waals surface area contributed by atoms with Crippen molar-refractivity contribution in [3.8, 4) is 0 Å². The van der Waals surface area contributed by atoms with Gasteiger partial charge in [0.15, 0.2) is 0 Å². The van der Waals surface area contributed by atoms with E-state index in [1.807, 2.05) is 0 Å². The van der Waals surface area contributed by atoms with Crippen molar-refractivity contribution in [3.05, 3.63) is 35.4 Å². The van der Waals surface area contributed by atoms with Crippen molar-refractivity contribution in [1.29, 1.82) is 0 Å². The lowest BCUT2D eigenvalue weighted by Gasteiger charge is -2.26. The first-order valence-corrected chi connectivity index (χ1v) is 8.98. The zero-order chi connectivity index (χ0) is 15.6. The summed E-state index contributed by atoms with van der Waals surface area (Å²) in [7, 11) is 0. The lowest BCUT2D eigenvalue weighted by Crippen LogP contribution is -2.28. The highest BCUT2D eigenvalue weighted by molar-refractivity contribution is 5.11. The Labute approximate surface area is 137 Å². The summed E-state index contributed by atoms with van der Waals surface area (Å²) >= 11 is 0. The summed E-state index contributed by atoms with van der Waals surface area (Å²) < 4.78 is 11.9. The van der Waals surface area contributed by atoms with Crippen molar-refractivity contribution >= 4 is 0 Å². The van der Waals surface area contributed by atoms with Gasteiger partial charge < -0.3 is 8.83 Å². The third kappa shape index (κ3) is 3.34. The summed E-state index contributed by atoms with van der Waals surface area (Å²) in [5.74, 6) is 4.26. The van der Waals surface area contributed by atoms with Crippen LogP contribution < -0.4 is 0 Å². The third-order valence-electron chi connectivity index (χ3n) is 4.97. The van der Waals surface area contributed by atoms with Crippen molar-refractivity contribution in [1.82, 2.24) is 15.1 Å². The van der Waals surface area contributed by atoms with Gasteiger partial charge in [-0.3, -0.25) is 4.90 Å². The summed E-state index contributed by atoms with van der Waals surface area (Å²) in [6, 6.07) is 4.58. The van der Waals surface area contributed by atoms with Gasteiger partial charge in [0.2, 0.25) is 11.8 Å². The number of likely N-dealkylation sites (tertiary alicyclic amines) is 1. The van der Waals surface area contributed by atoms with Crippen LogP contribution in [0.5, 0.6) is 0 Å². The van der Waals surface area contributed by atoms with Gasteiger partial charge in [-0.1, -0.05) is 19.8 Å². The molecule has 2 aromatic rings. The standard InChI is InChI=1S/C18H25N3O2/c1-2-14-9-10-16(22-14)15-6-4-3-5-11-21(15)12-17-19-20-18(23-17)13-7-8-13/h9-10,13,15H,2-8,11-12H2,1H3. The molecular formula is C18H25N3O2. The van der Waals surface area contributed by atoms with Crippen LogP contribution in [0, 0.1) is 0 Å². The molecule has 1 aliphatic heterocycles.